The molecule has 0 spiro atoms. The molecule has 3 N–H and O–H groups in total. The number of anilines is 1. The second kappa shape index (κ2) is 6.11. The van der Waals surface area contributed by atoms with Crippen LogP contribution >= 0.6 is 0 Å². The van der Waals surface area contributed by atoms with Crippen molar-refractivity contribution in [1.29, 1.82) is 0 Å². The maximum absolute atomic E-state index is 12.9. The van der Waals surface area contributed by atoms with E-state index in [-0.39, 0.29) is 5.78 Å². The smallest absolute Gasteiger partial charge is 0.209 e. The first kappa shape index (κ1) is 16.0. The van der Waals surface area contributed by atoms with Crippen molar-refractivity contribution in [1.82, 2.24) is 4.98 Å². The SMILES string of the molecule is COc1cc(C(=O)c2cc3c(ccc4cccc(OC)c43)[nH]2)ccc1N. The van der Waals surface area contributed by atoms with Gasteiger partial charge in [-0.1, -0.05) is 18.2 Å². The highest BCUT2D eigenvalue weighted by atomic mass is 16.5. The lowest BCUT2D eigenvalue weighted by Crippen LogP contribution is -2.03. The highest BCUT2D eigenvalue weighted by Crippen LogP contribution is 2.34. The van der Waals surface area contributed by atoms with Gasteiger partial charge in [-0.05, 0) is 41.8 Å². The summed E-state index contributed by atoms with van der Waals surface area (Å²) in [4.78, 5) is 16.1. The molecule has 4 aromatic rings. The average Bonchev–Trinajstić information content (AvgIpc) is 3.11. The third-order valence-corrected chi connectivity index (χ3v) is 4.57. The molecule has 0 bridgehead atoms. The lowest BCUT2D eigenvalue weighted by molar-refractivity contribution is 0.103. The summed E-state index contributed by atoms with van der Waals surface area (Å²) >= 11 is 0. The molecule has 4 rings (SSSR count). The van der Waals surface area contributed by atoms with Gasteiger partial charge in [0.15, 0.2) is 0 Å². The molecule has 5 heteroatoms. The second-order valence-corrected chi connectivity index (χ2v) is 6.05. The number of hydrogen-bond acceptors (Lipinski definition) is 4. The Bertz CT molecular complexity index is 1140. The fraction of sp³-hybridized carbons (Fsp3) is 0.0952. The predicted octanol–water partition coefficient (Wildman–Crippen LogP) is 4.15. The molecule has 5 nitrogen and oxygen atoms in total. The Morgan fingerprint density at radius 3 is 2.54 bits per heavy atom. The molecule has 1 heterocycles. The summed E-state index contributed by atoms with van der Waals surface area (Å²) in [6, 6.07) is 16.8. The van der Waals surface area contributed by atoms with Crippen LogP contribution in [0.25, 0.3) is 21.7 Å². The number of carbonyl (C=O) groups excluding carboxylic acids is 1. The maximum atomic E-state index is 12.9. The molecule has 26 heavy (non-hydrogen) atoms. The number of nitrogens with two attached hydrogens (primary N) is 1. The molecule has 0 aliphatic heterocycles. The van der Waals surface area contributed by atoms with Gasteiger partial charge in [-0.15, -0.1) is 0 Å². The second-order valence-electron chi connectivity index (χ2n) is 6.05. The van der Waals surface area contributed by atoms with Gasteiger partial charge in [0.2, 0.25) is 5.78 Å². The monoisotopic (exact) mass is 346 g/mol. The molecule has 130 valence electrons. The molecule has 0 atom stereocenters. The Kier molecular flexibility index (Phi) is 3.77. The number of aromatic nitrogens is 1. The zero-order valence-corrected chi connectivity index (χ0v) is 14.5. The van der Waals surface area contributed by atoms with E-state index in [1.165, 1.54) is 7.11 Å². The summed E-state index contributed by atoms with van der Waals surface area (Å²) in [5.74, 6) is 1.14. The largest absolute Gasteiger partial charge is 0.496 e. The van der Waals surface area contributed by atoms with Crippen LogP contribution in [0, 0.1) is 0 Å². The molecule has 0 saturated carbocycles. The van der Waals surface area contributed by atoms with Crippen LogP contribution < -0.4 is 15.2 Å². The zero-order chi connectivity index (χ0) is 18.3. The van der Waals surface area contributed by atoms with Crippen molar-refractivity contribution in [2.45, 2.75) is 0 Å². The van der Waals surface area contributed by atoms with E-state index in [1.54, 1.807) is 25.3 Å². The molecule has 0 radical (unpaired) electrons. The maximum Gasteiger partial charge on any atom is 0.209 e. The quantitative estimate of drug-likeness (QED) is 0.430. The van der Waals surface area contributed by atoms with Crippen LogP contribution in [0.2, 0.25) is 0 Å². The Morgan fingerprint density at radius 1 is 0.962 bits per heavy atom. The van der Waals surface area contributed by atoms with E-state index in [0.717, 1.165) is 27.4 Å². The molecule has 3 aromatic carbocycles. The summed E-state index contributed by atoms with van der Waals surface area (Å²) in [6.45, 7) is 0. The van der Waals surface area contributed by atoms with Crippen molar-refractivity contribution in [3.8, 4) is 11.5 Å². The van der Waals surface area contributed by atoms with E-state index in [0.29, 0.717) is 22.7 Å². The molecular formula is C21H18N2O3. The van der Waals surface area contributed by atoms with Crippen LogP contribution in [0.1, 0.15) is 16.1 Å². The van der Waals surface area contributed by atoms with Crippen molar-refractivity contribution in [2.75, 3.05) is 20.0 Å². The van der Waals surface area contributed by atoms with Crippen molar-refractivity contribution < 1.29 is 14.3 Å². The van der Waals surface area contributed by atoms with E-state index in [9.17, 15) is 4.79 Å². The third-order valence-electron chi connectivity index (χ3n) is 4.57. The fourth-order valence-corrected chi connectivity index (χ4v) is 3.26. The summed E-state index contributed by atoms with van der Waals surface area (Å²) in [5.41, 5.74) is 8.23. The van der Waals surface area contributed by atoms with Crippen LogP contribution in [0.5, 0.6) is 11.5 Å². The number of H-pyrrole nitrogens is 1. The minimum absolute atomic E-state index is 0.123. The van der Waals surface area contributed by atoms with Gasteiger partial charge in [0.05, 0.1) is 25.6 Å². The molecule has 0 fully saturated rings. The number of nitrogen functional groups attached to an aromatic ring is 1. The number of methoxy groups -OCH3 is 2. The minimum atomic E-state index is -0.123. The lowest BCUT2D eigenvalue weighted by atomic mass is 10.0. The average molecular weight is 346 g/mol. The third kappa shape index (κ3) is 2.45. The number of fused-ring (bicyclic) bond motifs is 3. The van der Waals surface area contributed by atoms with Crippen LogP contribution in [0.15, 0.2) is 54.6 Å². The number of nitrogens with one attached hydrogen (secondary N) is 1. The first-order valence-corrected chi connectivity index (χ1v) is 8.19. The standard InChI is InChI=1S/C21H18N2O3/c1-25-18-5-3-4-12-7-9-16-14(20(12)18)11-17(23-16)21(24)13-6-8-15(22)19(10-13)26-2/h3-11,23H,22H2,1-2H3. The predicted molar refractivity (Wildman–Crippen MR) is 103 cm³/mol. The number of hydrogen-bond donors (Lipinski definition) is 2. The highest BCUT2D eigenvalue weighted by Gasteiger charge is 2.16. The van der Waals surface area contributed by atoms with Crippen molar-refractivity contribution in [2.24, 2.45) is 0 Å². The van der Waals surface area contributed by atoms with Crippen molar-refractivity contribution in [3.63, 3.8) is 0 Å². The van der Waals surface area contributed by atoms with Crippen LogP contribution in [0.4, 0.5) is 5.69 Å². The molecule has 0 unspecified atom stereocenters. The van der Waals surface area contributed by atoms with Crippen LogP contribution in [-0.2, 0) is 0 Å². The number of ketones is 1. The number of ether oxygens (including phenoxy) is 2. The summed E-state index contributed by atoms with van der Waals surface area (Å²) in [7, 11) is 3.17. The van der Waals surface area contributed by atoms with Gasteiger partial charge in [-0.2, -0.15) is 0 Å². The van der Waals surface area contributed by atoms with Gasteiger partial charge in [0, 0.05) is 21.9 Å². The first-order valence-electron chi connectivity index (χ1n) is 8.19. The van der Waals surface area contributed by atoms with E-state index in [4.69, 9.17) is 15.2 Å². The summed E-state index contributed by atoms with van der Waals surface area (Å²) in [6.07, 6.45) is 0. The van der Waals surface area contributed by atoms with E-state index >= 15 is 0 Å². The molecule has 0 amide bonds. The van der Waals surface area contributed by atoms with Gasteiger partial charge < -0.3 is 20.2 Å². The number of carbonyl (C=O) groups is 1. The summed E-state index contributed by atoms with van der Waals surface area (Å²) in [5, 5.41) is 2.99. The number of benzene rings is 3. The minimum Gasteiger partial charge on any atom is -0.496 e. The van der Waals surface area contributed by atoms with E-state index < -0.39 is 0 Å². The molecular weight excluding hydrogens is 328 g/mol. The molecule has 0 aliphatic carbocycles. The van der Waals surface area contributed by atoms with Crippen molar-refractivity contribution in [3.05, 3.63) is 65.9 Å². The van der Waals surface area contributed by atoms with E-state index in [1.807, 2.05) is 36.4 Å². The number of aromatic amines is 1. The Hall–Kier alpha value is -3.47. The topological polar surface area (TPSA) is 77.3 Å². The molecule has 0 saturated heterocycles. The van der Waals surface area contributed by atoms with Gasteiger partial charge in [-0.3, -0.25) is 4.79 Å². The van der Waals surface area contributed by atoms with Gasteiger partial charge in [-0.25, -0.2) is 0 Å². The Morgan fingerprint density at radius 2 is 1.77 bits per heavy atom. The lowest BCUT2D eigenvalue weighted by Gasteiger charge is -2.06. The van der Waals surface area contributed by atoms with E-state index in [2.05, 4.69) is 4.98 Å². The zero-order valence-electron chi connectivity index (χ0n) is 14.5. The highest BCUT2D eigenvalue weighted by molar-refractivity contribution is 6.15. The molecule has 1 aromatic heterocycles. The number of rotatable bonds is 4. The van der Waals surface area contributed by atoms with Gasteiger partial charge >= 0.3 is 0 Å². The van der Waals surface area contributed by atoms with Gasteiger partial charge in [0.1, 0.15) is 11.5 Å². The van der Waals surface area contributed by atoms with Crippen LogP contribution in [0.3, 0.4) is 0 Å². The fourth-order valence-electron chi connectivity index (χ4n) is 3.26. The Labute approximate surface area is 150 Å². The van der Waals surface area contributed by atoms with Gasteiger partial charge in [0.25, 0.3) is 0 Å². The Balaban J connectivity index is 1.87. The normalized spacial score (nSPS) is 11.0. The molecule has 0 aliphatic rings. The van der Waals surface area contributed by atoms with Crippen molar-refractivity contribution >= 4 is 33.1 Å². The summed E-state index contributed by atoms with van der Waals surface area (Å²) < 4.78 is 10.7. The van der Waals surface area contributed by atoms with Crippen LogP contribution in [-0.4, -0.2) is 25.0 Å². The first-order chi connectivity index (χ1) is 12.6.